The molecule has 4 saturated heterocycles. The molecule has 0 spiro atoms. The molecule has 6 N–H and O–H groups in total. The first-order chi connectivity index (χ1) is 37.4. The van der Waals surface area contributed by atoms with Gasteiger partial charge in [-0.3, -0.25) is 24.6 Å². The lowest BCUT2D eigenvalue weighted by molar-refractivity contribution is -0.221. The number of pyridine rings is 1. The molecule has 8 rings (SSSR count). The van der Waals surface area contributed by atoms with Gasteiger partial charge in [-0.2, -0.15) is 31.4 Å². The van der Waals surface area contributed by atoms with E-state index < -0.39 is 121 Å². The Morgan fingerprint density at radius 1 is 0.825 bits per heavy atom. The maximum Gasteiger partial charge on any atom is 0.407 e. The van der Waals surface area contributed by atoms with Crippen LogP contribution in [0.2, 0.25) is 0 Å². The number of alkyl halides is 8. The number of nitrogens with one attached hydrogen (secondary N) is 4. The number of piperidine rings is 1. The standard InChI is InChI=1S/C52H58F10N10O8/c1-49(2,51(57,58)59)43(66-48(78)79-5)45(74)64-39(16-29-9-6-28(7-10-29)8-11-30-12-13-42(63-20-30)69-21-32-19-33(22-69)72(32)34-26-80-27-34)40(73)24-71(68-46(75)44(65-47(76)77)50(3,4)52(60,61)62)23-35-36(53)17-31(18-37(35)54)38-14-15-70(67-38)25-41(55)56/h6-7,9-10,12-15,17-18,20,32-34,39-41,43-44,65,73H,16,19,21-27H2,1-5H3,(H,64,74)(H,66,78)(H,68,75)(H,76,77). The number of hydrogen-bond donors (Lipinski definition) is 6. The van der Waals surface area contributed by atoms with Crippen molar-refractivity contribution in [2.24, 2.45) is 10.8 Å². The third kappa shape index (κ3) is 14.0. The van der Waals surface area contributed by atoms with Crippen LogP contribution in [0.1, 0.15) is 56.4 Å². The van der Waals surface area contributed by atoms with Gasteiger partial charge in [-0.15, -0.1) is 0 Å². The van der Waals surface area contributed by atoms with Gasteiger partial charge in [0.15, 0.2) is 0 Å². The van der Waals surface area contributed by atoms with Crippen LogP contribution in [0.15, 0.2) is 67.0 Å². The van der Waals surface area contributed by atoms with Gasteiger partial charge in [-0.25, -0.2) is 37.1 Å². The molecule has 4 aromatic rings. The summed E-state index contributed by atoms with van der Waals surface area (Å²) in [5, 5.41) is 31.5. The zero-order valence-electron chi connectivity index (χ0n) is 43.6. The van der Waals surface area contributed by atoms with Crippen LogP contribution in [-0.2, 0) is 38.6 Å². The van der Waals surface area contributed by atoms with Crippen molar-refractivity contribution in [1.29, 1.82) is 0 Å². The number of benzene rings is 2. The molecule has 0 radical (unpaired) electrons. The van der Waals surface area contributed by atoms with E-state index in [9.17, 15) is 64.5 Å². The van der Waals surface area contributed by atoms with E-state index in [1.807, 2.05) is 22.9 Å². The molecule has 2 bridgehead atoms. The fraction of sp³-hybridized carbons (Fsp3) is 0.500. The number of nitrogens with zero attached hydrogens (tertiary/aromatic N) is 6. The lowest BCUT2D eigenvalue weighted by Gasteiger charge is -2.60. The van der Waals surface area contributed by atoms with Crippen LogP contribution in [0.4, 0.5) is 59.3 Å². The van der Waals surface area contributed by atoms with Gasteiger partial charge in [0, 0.05) is 72.9 Å². The summed E-state index contributed by atoms with van der Waals surface area (Å²) in [7, 11) is 0.814. The Kier molecular flexibility index (Phi) is 18.3. The number of amides is 4. The second kappa shape index (κ2) is 24.2. The molecule has 2 aromatic carbocycles. The molecular formula is C52H58F10N10O8. The number of aromatic nitrogens is 3. The number of hydrazine groups is 1. The fourth-order valence-corrected chi connectivity index (χ4v) is 9.49. The fourth-order valence-electron chi connectivity index (χ4n) is 9.49. The number of carbonyl (C=O) groups is 4. The van der Waals surface area contributed by atoms with E-state index in [0.29, 0.717) is 74.1 Å². The molecule has 434 valence electrons. The van der Waals surface area contributed by atoms with E-state index in [0.717, 1.165) is 56.5 Å². The van der Waals surface area contributed by atoms with Crippen molar-refractivity contribution in [3.63, 3.8) is 0 Å². The van der Waals surface area contributed by atoms with Gasteiger partial charge < -0.3 is 40.5 Å². The number of carboxylic acid groups (broad SMARTS) is 1. The molecule has 4 amide bonds. The number of aliphatic hydroxyl groups excluding tert-OH is 1. The minimum Gasteiger partial charge on any atom is -0.465 e. The summed E-state index contributed by atoms with van der Waals surface area (Å²) in [5.41, 5.74) is -4.35. The summed E-state index contributed by atoms with van der Waals surface area (Å²) in [6.07, 6.45) is -15.7. The number of aliphatic hydroxyl groups is 1. The smallest absolute Gasteiger partial charge is 0.407 e. The van der Waals surface area contributed by atoms with Crippen molar-refractivity contribution >= 4 is 29.8 Å². The van der Waals surface area contributed by atoms with Gasteiger partial charge in [0.1, 0.15) is 36.1 Å². The Bertz CT molecular complexity index is 2890. The van der Waals surface area contributed by atoms with Crippen LogP contribution in [0, 0.1) is 34.3 Å². The number of rotatable bonds is 20. The molecule has 80 heavy (non-hydrogen) atoms. The summed E-state index contributed by atoms with van der Waals surface area (Å²) < 4.78 is 156. The average Bonchev–Trinajstić information content (AvgIpc) is 4.00. The predicted octanol–water partition coefficient (Wildman–Crippen LogP) is 6.01. The van der Waals surface area contributed by atoms with Gasteiger partial charge in [0.05, 0.1) is 55.0 Å². The molecular weight excluding hydrogens is 1080 g/mol. The predicted molar refractivity (Wildman–Crippen MR) is 265 cm³/mol. The third-order valence-corrected chi connectivity index (χ3v) is 14.5. The highest BCUT2D eigenvalue weighted by Crippen LogP contribution is 2.42. The topological polar surface area (TPSA) is 216 Å². The first-order valence-corrected chi connectivity index (χ1v) is 24.9. The zero-order chi connectivity index (χ0) is 58.6. The molecule has 4 aliphatic rings. The average molecular weight is 1140 g/mol. The van der Waals surface area contributed by atoms with E-state index in [1.165, 1.54) is 35.6 Å². The number of carbonyl (C=O) groups excluding carboxylic acids is 3. The molecule has 28 heteroatoms. The van der Waals surface area contributed by atoms with Gasteiger partial charge in [-0.1, -0.05) is 24.0 Å². The molecule has 0 aliphatic carbocycles. The first kappa shape index (κ1) is 60.4. The van der Waals surface area contributed by atoms with Crippen LogP contribution < -0.4 is 26.3 Å². The van der Waals surface area contributed by atoms with Crippen LogP contribution in [0.25, 0.3) is 11.3 Å². The van der Waals surface area contributed by atoms with Crippen LogP contribution >= 0.6 is 0 Å². The van der Waals surface area contributed by atoms with E-state index in [2.05, 4.69) is 41.8 Å². The number of ether oxygens (including phenoxy) is 2. The van der Waals surface area contributed by atoms with Crippen LogP contribution in [-0.4, -0.2) is 160 Å². The van der Waals surface area contributed by atoms with E-state index in [1.54, 1.807) is 6.20 Å². The SMILES string of the molecule is COC(=O)NC(C(=O)NC(Cc1ccc(C#Cc2ccc(N3CC4CC(C3)N4C3COC3)nc2)cc1)C(O)CN(Cc1c(F)cc(-c2ccn(CC(F)F)n2)cc1F)NC(=O)C(NC(=O)O)C(C)(C)C(F)(F)F)C(C)(C)C(F)(F)F. The van der Waals surface area contributed by atoms with Crippen molar-refractivity contribution < 1.29 is 82.8 Å². The summed E-state index contributed by atoms with van der Waals surface area (Å²) in [5.74, 6) is 0.693. The Hall–Kier alpha value is -7.22. The summed E-state index contributed by atoms with van der Waals surface area (Å²) in [4.78, 5) is 61.5. The quantitative estimate of drug-likeness (QED) is 0.0340. The minimum absolute atomic E-state index is 0.168. The van der Waals surface area contributed by atoms with Crippen LogP contribution in [0.3, 0.4) is 0 Å². The molecule has 4 fully saturated rings. The Balaban J connectivity index is 1.17. The number of halogens is 10. The van der Waals surface area contributed by atoms with Gasteiger partial charge in [0.2, 0.25) is 5.91 Å². The van der Waals surface area contributed by atoms with Gasteiger partial charge >= 0.3 is 24.5 Å². The Morgan fingerprint density at radius 2 is 1.41 bits per heavy atom. The van der Waals surface area contributed by atoms with Crippen molar-refractivity contribution in [2.75, 3.05) is 44.9 Å². The summed E-state index contributed by atoms with van der Waals surface area (Å²) >= 11 is 0. The second-order valence-corrected chi connectivity index (χ2v) is 20.8. The highest BCUT2D eigenvalue weighted by Gasteiger charge is 2.57. The van der Waals surface area contributed by atoms with Crippen molar-refractivity contribution in [3.8, 4) is 23.1 Å². The first-order valence-electron chi connectivity index (χ1n) is 24.9. The lowest BCUT2D eigenvalue weighted by Crippen LogP contribution is -2.74. The van der Waals surface area contributed by atoms with Gasteiger partial charge in [-0.05, 0) is 88.6 Å². The highest BCUT2D eigenvalue weighted by atomic mass is 19.4. The minimum atomic E-state index is -5.28. The number of fused-ring (bicyclic) bond motifs is 2. The van der Waals surface area contributed by atoms with E-state index in [4.69, 9.17) is 4.74 Å². The maximum absolute atomic E-state index is 16.1. The summed E-state index contributed by atoms with van der Waals surface area (Å²) in [6.45, 7) is 2.12. The van der Waals surface area contributed by atoms with Crippen LogP contribution in [0.5, 0.6) is 0 Å². The van der Waals surface area contributed by atoms with Crippen molar-refractivity contribution in [3.05, 3.63) is 101 Å². The summed E-state index contributed by atoms with van der Waals surface area (Å²) in [6, 6.07) is 6.68. The Labute approximate surface area is 452 Å². The number of alkyl carbamates (subject to hydrolysis) is 1. The molecule has 6 heterocycles. The highest BCUT2D eigenvalue weighted by molar-refractivity contribution is 5.87. The molecule has 0 saturated carbocycles. The third-order valence-electron chi connectivity index (χ3n) is 14.5. The number of piperazine rings is 1. The largest absolute Gasteiger partial charge is 0.465 e. The van der Waals surface area contributed by atoms with E-state index >= 15 is 8.78 Å². The normalized spacial score (nSPS) is 18.4. The van der Waals surface area contributed by atoms with Gasteiger partial charge in [0.25, 0.3) is 12.3 Å². The molecule has 18 nitrogen and oxygen atoms in total. The molecule has 6 unspecified atom stereocenters. The lowest BCUT2D eigenvalue weighted by atomic mass is 9.82. The number of anilines is 1. The molecule has 6 atom stereocenters. The Morgan fingerprint density at radius 3 is 1.94 bits per heavy atom. The second-order valence-electron chi connectivity index (χ2n) is 20.8. The molecule has 4 aliphatic heterocycles. The van der Waals surface area contributed by atoms with Crippen molar-refractivity contribution in [1.82, 2.24) is 46.0 Å². The molecule has 2 aromatic heterocycles. The number of methoxy groups -OCH3 is 1. The monoisotopic (exact) mass is 1140 g/mol. The number of hydrogen-bond acceptors (Lipinski definition) is 12. The zero-order valence-corrected chi connectivity index (χ0v) is 43.6. The maximum atomic E-state index is 16.1. The van der Waals surface area contributed by atoms with Crippen molar-refractivity contribution in [2.45, 2.75) is 115 Å². The van der Waals surface area contributed by atoms with E-state index in [-0.39, 0.29) is 16.8 Å².